The maximum absolute atomic E-state index is 12.3. The molecule has 1 heterocycles. The van der Waals surface area contributed by atoms with Crippen LogP contribution in [0.2, 0.25) is 0 Å². The molecule has 7 heteroatoms. The molecule has 0 atom stereocenters. The lowest BCUT2D eigenvalue weighted by Gasteiger charge is -2.22. The van der Waals surface area contributed by atoms with Crippen LogP contribution in [0.1, 0.15) is 40.0 Å². The van der Waals surface area contributed by atoms with Gasteiger partial charge in [-0.1, -0.05) is 20.8 Å². The Balaban J connectivity index is 3.22. The van der Waals surface area contributed by atoms with Crippen molar-refractivity contribution in [3.63, 3.8) is 0 Å². The number of nitrogens with two attached hydrogens (primary N) is 1. The first kappa shape index (κ1) is 16.2. The van der Waals surface area contributed by atoms with Crippen molar-refractivity contribution in [1.82, 2.24) is 4.37 Å². The van der Waals surface area contributed by atoms with Crippen molar-refractivity contribution in [2.75, 3.05) is 29.5 Å². The Hall–Kier alpha value is -0.820. The average Bonchev–Trinajstić information content (AvgIpc) is 2.71. The molecule has 0 unspecified atom stereocenters. The first-order chi connectivity index (χ1) is 8.97. The molecule has 0 spiro atoms. The summed E-state index contributed by atoms with van der Waals surface area (Å²) in [5.41, 5.74) is 5.78. The van der Waals surface area contributed by atoms with E-state index in [1.165, 1.54) is 11.5 Å². The van der Waals surface area contributed by atoms with Crippen LogP contribution in [-0.4, -0.2) is 31.6 Å². The molecule has 0 aliphatic heterocycles. The summed E-state index contributed by atoms with van der Waals surface area (Å²) in [5.74, 6) is 0.264. The molecule has 0 aliphatic rings. The molecular formula is C12H23N3O2S2. The molecule has 19 heavy (non-hydrogen) atoms. The standard InChI is InChI=1S/C12H23N3O2S2/c1-4-7-15(8-5-2)12-10(11(13)14-18-12)19(16,17)9-6-3/h4-9H2,1-3H3,(H2,13,14). The van der Waals surface area contributed by atoms with Crippen molar-refractivity contribution in [3.8, 4) is 0 Å². The fourth-order valence-electron chi connectivity index (χ4n) is 2.00. The highest BCUT2D eigenvalue weighted by atomic mass is 32.2. The van der Waals surface area contributed by atoms with Crippen molar-refractivity contribution in [1.29, 1.82) is 0 Å². The summed E-state index contributed by atoms with van der Waals surface area (Å²) in [5, 5.41) is 0.703. The van der Waals surface area contributed by atoms with Crippen molar-refractivity contribution in [2.45, 2.75) is 44.9 Å². The zero-order chi connectivity index (χ0) is 14.5. The Morgan fingerprint density at radius 3 is 2.21 bits per heavy atom. The minimum absolute atomic E-state index is 0.120. The summed E-state index contributed by atoms with van der Waals surface area (Å²) in [4.78, 5) is 2.32. The molecule has 5 nitrogen and oxygen atoms in total. The molecule has 0 saturated carbocycles. The molecule has 0 radical (unpaired) electrons. The molecule has 1 rings (SSSR count). The third-order valence-electron chi connectivity index (χ3n) is 2.72. The second-order valence-electron chi connectivity index (χ2n) is 4.51. The van der Waals surface area contributed by atoms with Gasteiger partial charge in [-0.15, -0.1) is 0 Å². The van der Waals surface area contributed by atoms with Crippen molar-refractivity contribution >= 4 is 32.2 Å². The van der Waals surface area contributed by atoms with E-state index in [1.54, 1.807) is 0 Å². The number of nitrogen functional groups attached to an aromatic ring is 1. The third-order valence-corrected chi connectivity index (χ3v) is 5.74. The Bertz CT molecular complexity index is 491. The molecular weight excluding hydrogens is 282 g/mol. The predicted molar refractivity (Wildman–Crippen MR) is 81.7 cm³/mol. The lowest BCUT2D eigenvalue weighted by atomic mass is 10.3. The summed E-state index contributed by atoms with van der Waals surface area (Å²) < 4.78 is 28.7. The van der Waals surface area contributed by atoms with Crippen molar-refractivity contribution < 1.29 is 8.42 Å². The molecule has 0 amide bonds. The van der Waals surface area contributed by atoms with Gasteiger partial charge < -0.3 is 10.6 Å². The monoisotopic (exact) mass is 305 g/mol. The van der Waals surface area contributed by atoms with Gasteiger partial charge in [-0.2, -0.15) is 4.37 Å². The van der Waals surface area contributed by atoms with Gasteiger partial charge in [0.15, 0.2) is 15.7 Å². The van der Waals surface area contributed by atoms with E-state index in [-0.39, 0.29) is 16.5 Å². The number of sulfone groups is 1. The normalized spacial score (nSPS) is 11.7. The van der Waals surface area contributed by atoms with Gasteiger partial charge in [0.2, 0.25) is 0 Å². The van der Waals surface area contributed by atoms with E-state index in [4.69, 9.17) is 5.73 Å². The lowest BCUT2D eigenvalue weighted by Crippen LogP contribution is -2.26. The third kappa shape index (κ3) is 3.82. The fraction of sp³-hybridized carbons (Fsp3) is 0.750. The van der Waals surface area contributed by atoms with Crippen LogP contribution < -0.4 is 10.6 Å². The summed E-state index contributed by atoms with van der Waals surface area (Å²) in [6.07, 6.45) is 2.51. The topological polar surface area (TPSA) is 76.3 Å². The van der Waals surface area contributed by atoms with Gasteiger partial charge in [-0.3, -0.25) is 0 Å². The van der Waals surface area contributed by atoms with E-state index < -0.39 is 9.84 Å². The molecule has 1 aromatic rings. The minimum atomic E-state index is -3.33. The number of anilines is 2. The summed E-state index contributed by atoms with van der Waals surface area (Å²) in [6.45, 7) is 7.65. The first-order valence-corrected chi connectivity index (χ1v) is 9.13. The van der Waals surface area contributed by atoms with Gasteiger partial charge >= 0.3 is 0 Å². The molecule has 0 bridgehead atoms. The van der Waals surface area contributed by atoms with Gasteiger partial charge in [-0.25, -0.2) is 8.42 Å². The Kier molecular flexibility index (Phi) is 6.06. The second kappa shape index (κ2) is 7.09. The zero-order valence-electron chi connectivity index (χ0n) is 11.8. The van der Waals surface area contributed by atoms with E-state index >= 15 is 0 Å². The van der Waals surface area contributed by atoms with E-state index in [0.717, 1.165) is 25.9 Å². The SMILES string of the molecule is CCCN(CCC)c1snc(N)c1S(=O)(=O)CCC. The van der Waals surface area contributed by atoms with Crippen LogP contribution in [0.4, 0.5) is 10.8 Å². The van der Waals surface area contributed by atoms with Crippen LogP contribution in [0.15, 0.2) is 4.90 Å². The summed E-state index contributed by atoms with van der Waals surface area (Å²) in [6, 6.07) is 0. The van der Waals surface area contributed by atoms with E-state index in [0.29, 0.717) is 11.4 Å². The molecule has 1 aromatic heterocycles. The number of rotatable bonds is 8. The highest BCUT2D eigenvalue weighted by Gasteiger charge is 2.27. The molecule has 110 valence electrons. The minimum Gasteiger partial charge on any atom is -0.382 e. The van der Waals surface area contributed by atoms with Gasteiger partial charge in [-0.05, 0) is 30.8 Å². The van der Waals surface area contributed by atoms with Gasteiger partial charge in [0.25, 0.3) is 0 Å². The van der Waals surface area contributed by atoms with Crippen LogP contribution in [0.5, 0.6) is 0 Å². The Morgan fingerprint density at radius 2 is 1.74 bits per heavy atom. The van der Waals surface area contributed by atoms with Gasteiger partial charge in [0.1, 0.15) is 9.90 Å². The van der Waals surface area contributed by atoms with Crippen LogP contribution in [0.3, 0.4) is 0 Å². The van der Waals surface area contributed by atoms with Gasteiger partial charge in [0.05, 0.1) is 5.75 Å². The van der Waals surface area contributed by atoms with Crippen LogP contribution in [0.25, 0.3) is 0 Å². The maximum Gasteiger partial charge on any atom is 0.185 e. The lowest BCUT2D eigenvalue weighted by molar-refractivity contribution is 0.594. The fourth-order valence-corrected chi connectivity index (χ4v) is 4.82. The van der Waals surface area contributed by atoms with E-state index in [9.17, 15) is 8.42 Å². The molecule has 0 saturated heterocycles. The van der Waals surface area contributed by atoms with E-state index in [1.807, 2.05) is 6.92 Å². The predicted octanol–water partition coefficient (Wildman–Crippen LogP) is 2.54. The number of nitrogens with zero attached hydrogens (tertiary/aromatic N) is 2. The first-order valence-electron chi connectivity index (χ1n) is 6.70. The average molecular weight is 305 g/mol. The van der Waals surface area contributed by atoms with Crippen LogP contribution >= 0.6 is 11.5 Å². The second-order valence-corrected chi connectivity index (χ2v) is 7.31. The summed E-state index contributed by atoms with van der Waals surface area (Å²) in [7, 11) is -3.33. The summed E-state index contributed by atoms with van der Waals surface area (Å²) >= 11 is 1.19. The number of hydrogen-bond acceptors (Lipinski definition) is 6. The molecule has 2 N–H and O–H groups in total. The Morgan fingerprint density at radius 1 is 1.16 bits per heavy atom. The largest absolute Gasteiger partial charge is 0.382 e. The number of hydrogen-bond donors (Lipinski definition) is 1. The van der Waals surface area contributed by atoms with Gasteiger partial charge in [0, 0.05) is 13.1 Å². The van der Waals surface area contributed by atoms with E-state index in [2.05, 4.69) is 23.1 Å². The van der Waals surface area contributed by atoms with Crippen LogP contribution in [0, 0.1) is 0 Å². The van der Waals surface area contributed by atoms with Crippen LogP contribution in [-0.2, 0) is 9.84 Å². The highest BCUT2D eigenvalue weighted by Crippen LogP contribution is 2.35. The Labute approximate surface area is 119 Å². The van der Waals surface area contributed by atoms with Crippen molar-refractivity contribution in [2.24, 2.45) is 0 Å². The molecule has 0 aliphatic carbocycles. The smallest absolute Gasteiger partial charge is 0.185 e. The highest BCUT2D eigenvalue weighted by molar-refractivity contribution is 7.91. The van der Waals surface area contributed by atoms with Crippen molar-refractivity contribution in [3.05, 3.63) is 0 Å². The quantitative estimate of drug-likeness (QED) is 0.798. The number of aromatic nitrogens is 1. The zero-order valence-corrected chi connectivity index (χ0v) is 13.5. The maximum atomic E-state index is 12.3. The molecule has 0 aromatic carbocycles. The molecule has 0 fully saturated rings.